The van der Waals surface area contributed by atoms with E-state index >= 15 is 0 Å². The fourth-order valence-corrected chi connectivity index (χ4v) is 1.82. The van der Waals surface area contributed by atoms with Crippen molar-refractivity contribution in [1.29, 1.82) is 0 Å². The number of carbonyl (C=O) groups excluding carboxylic acids is 1. The maximum Gasteiger partial charge on any atom is 0.271 e. The molecule has 1 amide bonds. The van der Waals surface area contributed by atoms with Crippen LogP contribution in [0.5, 0.6) is 0 Å². The second-order valence-electron chi connectivity index (χ2n) is 4.71. The Balaban J connectivity index is 2.13. The molecule has 1 N–H and O–H groups in total. The van der Waals surface area contributed by atoms with Crippen LogP contribution in [0.1, 0.15) is 41.8 Å². The summed E-state index contributed by atoms with van der Waals surface area (Å²) in [6, 6.07) is 1.83. The van der Waals surface area contributed by atoms with Crippen LogP contribution in [0.25, 0.3) is 0 Å². The van der Waals surface area contributed by atoms with Crippen molar-refractivity contribution in [3.8, 4) is 0 Å². The molecule has 2 heterocycles. The minimum absolute atomic E-state index is 0.135. The summed E-state index contributed by atoms with van der Waals surface area (Å²) in [5.41, 5.74) is 1.10. The summed E-state index contributed by atoms with van der Waals surface area (Å²) in [7, 11) is 1.82. The van der Waals surface area contributed by atoms with Gasteiger partial charge in [0.25, 0.3) is 5.91 Å². The highest BCUT2D eigenvalue weighted by Crippen LogP contribution is 2.16. The van der Waals surface area contributed by atoms with Crippen LogP contribution in [-0.4, -0.2) is 25.7 Å². The normalized spacial score (nSPS) is 10.8. The number of hydrogen-bond acceptors (Lipinski definition) is 4. The highest BCUT2D eigenvalue weighted by Gasteiger charge is 2.15. The minimum atomic E-state index is -0.319. The Morgan fingerprint density at radius 1 is 1.50 bits per heavy atom. The van der Waals surface area contributed by atoms with E-state index in [0.717, 1.165) is 5.69 Å². The van der Waals surface area contributed by atoms with Crippen molar-refractivity contribution in [2.75, 3.05) is 0 Å². The van der Waals surface area contributed by atoms with Gasteiger partial charge in [0.15, 0.2) is 0 Å². The average molecular weight is 294 g/mol. The lowest BCUT2D eigenvalue weighted by Gasteiger charge is -2.09. The summed E-state index contributed by atoms with van der Waals surface area (Å²) in [4.78, 5) is 20.5. The van der Waals surface area contributed by atoms with Gasteiger partial charge in [0.05, 0.1) is 23.5 Å². The second-order valence-corrected chi connectivity index (χ2v) is 5.12. The van der Waals surface area contributed by atoms with Gasteiger partial charge in [-0.3, -0.25) is 9.48 Å². The van der Waals surface area contributed by atoms with Gasteiger partial charge in [-0.05, 0) is 6.07 Å². The molecule has 20 heavy (non-hydrogen) atoms. The van der Waals surface area contributed by atoms with E-state index in [1.54, 1.807) is 10.9 Å². The van der Waals surface area contributed by atoms with Gasteiger partial charge in [0, 0.05) is 19.2 Å². The van der Waals surface area contributed by atoms with Crippen molar-refractivity contribution in [3.05, 3.63) is 40.7 Å². The monoisotopic (exact) mass is 293 g/mol. The molecule has 0 saturated carbocycles. The zero-order valence-corrected chi connectivity index (χ0v) is 12.3. The van der Waals surface area contributed by atoms with Crippen LogP contribution >= 0.6 is 11.6 Å². The lowest BCUT2D eigenvalue weighted by Crippen LogP contribution is -2.26. The minimum Gasteiger partial charge on any atom is -0.345 e. The Morgan fingerprint density at radius 3 is 2.85 bits per heavy atom. The third kappa shape index (κ3) is 3.14. The van der Waals surface area contributed by atoms with Crippen molar-refractivity contribution in [3.63, 3.8) is 0 Å². The van der Waals surface area contributed by atoms with Crippen LogP contribution in [0.3, 0.4) is 0 Å². The predicted octanol–water partition coefficient (Wildman–Crippen LogP) is 1.92. The van der Waals surface area contributed by atoms with Crippen molar-refractivity contribution in [1.82, 2.24) is 25.1 Å². The van der Waals surface area contributed by atoms with E-state index in [0.29, 0.717) is 12.4 Å². The lowest BCUT2D eigenvalue weighted by molar-refractivity contribution is 0.0944. The van der Waals surface area contributed by atoms with Gasteiger partial charge in [-0.25, -0.2) is 9.97 Å². The molecule has 2 aromatic rings. The third-order valence-electron chi connectivity index (χ3n) is 2.85. The number of nitrogens with one attached hydrogen (secondary N) is 1. The zero-order valence-electron chi connectivity index (χ0n) is 11.6. The fraction of sp³-hybridized carbons (Fsp3) is 0.385. The molecule has 0 saturated heterocycles. The molecule has 2 aromatic heterocycles. The van der Waals surface area contributed by atoms with Gasteiger partial charge < -0.3 is 5.32 Å². The molecule has 0 fully saturated rings. The van der Waals surface area contributed by atoms with E-state index in [2.05, 4.69) is 20.4 Å². The zero-order chi connectivity index (χ0) is 14.7. The third-order valence-corrected chi connectivity index (χ3v) is 3.12. The number of hydrogen-bond donors (Lipinski definition) is 1. The summed E-state index contributed by atoms with van der Waals surface area (Å²) in [5, 5.41) is 7.06. The molecular formula is C13H16ClN5O. The number of aromatic nitrogens is 4. The summed E-state index contributed by atoms with van der Waals surface area (Å²) >= 11 is 5.98. The van der Waals surface area contributed by atoms with Gasteiger partial charge in [-0.2, -0.15) is 5.10 Å². The highest BCUT2D eigenvalue weighted by atomic mass is 35.5. The van der Waals surface area contributed by atoms with Crippen molar-refractivity contribution >= 4 is 17.5 Å². The second kappa shape index (κ2) is 6.00. The van der Waals surface area contributed by atoms with Crippen LogP contribution in [0.4, 0.5) is 0 Å². The van der Waals surface area contributed by atoms with Gasteiger partial charge in [-0.1, -0.05) is 25.4 Å². The standard InChI is InChI=1S/C13H16ClN5O/c1-8(2)12-15-7-10(14)11(18-12)13(20)16-6-9-4-5-17-19(9)3/h4-5,7-8H,6H2,1-3H3,(H,16,20). The topological polar surface area (TPSA) is 72.7 Å². The van der Waals surface area contributed by atoms with Gasteiger partial charge in [-0.15, -0.1) is 0 Å². The number of aryl methyl sites for hydroxylation is 1. The van der Waals surface area contributed by atoms with E-state index in [9.17, 15) is 4.79 Å². The molecule has 0 aliphatic rings. The summed E-state index contributed by atoms with van der Waals surface area (Å²) in [6.07, 6.45) is 3.14. The molecule has 0 radical (unpaired) electrons. The highest BCUT2D eigenvalue weighted by molar-refractivity contribution is 6.33. The molecule has 0 aromatic carbocycles. The molecule has 0 aliphatic carbocycles. The Hall–Kier alpha value is -1.95. The van der Waals surface area contributed by atoms with E-state index in [-0.39, 0.29) is 22.5 Å². The Kier molecular flexibility index (Phi) is 4.34. The maximum atomic E-state index is 12.1. The van der Waals surface area contributed by atoms with Crippen molar-refractivity contribution in [2.24, 2.45) is 7.05 Å². The van der Waals surface area contributed by atoms with Crippen LogP contribution in [-0.2, 0) is 13.6 Å². The summed E-state index contributed by atoms with van der Waals surface area (Å²) in [6.45, 7) is 4.29. The summed E-state index contributed by atoms with van der Waals surface area (Å²) in [5.74, 6) is 0.413. The number of amides is 1. The smallest absolute Gasteiger partial charge is 0.271 e. The quantitative estimate of drug-likeness (QED) is 0.935. The van der Waals surface area contributed by atoms with Crippen LogP contribution in [0, 0.1) is 0 Å². The molecular weight excluding hydrogens is 278 g/mol. The average Bonchev–Trinajstić information content (AvgIpc) is 2.81. The first-order valence-corrected chi connectivity index (χ1v) is 6.64. The van der Waals surface area contributed by atoms with Crippen LogP contribution in [0.15, 0.2) is 18.5 Å². The molecule has 6 nitrogen and oxygen atoms in total. The molecule has 0 unspecified atom stereocenters. The predicted molar refractivity (Wildman–Crippen MR) is 75.5 cm³/mol. The van der Waals surface area contributed by atoms with Crippen LogP contribution in [0.2, 0.25) is 5.02 Å². The first-order chi connectivity index (χ1) is 9.49. The first-order valence-electron chi connectivity index (χ1n) is 6.26. The molecule has 0 aliphatic heterocycles. The van der Waals surface area contributed by atoms with Crippen molar-refractivity contribution < 1.29 is 4.79 Å². The van der Waals surface area contributed by atoms with Gasteiger partial charge in [0.1, 0.15) is 11.5 Å². The lowest BCUT2D eigenvalue weighted by atomic mass is 10.2. The molecule has 7 heteroatoms. The van der Waals surface area contributed by atoms with Crippen molar-refractivity contribution in [2.45, 2.75) is 26.3 Å². The van der Waals surface area contributed by atoms with E-state index < -0.39 is 0 Å². The van der Waals surface area contributed by atoms with E-state index in [4.69, 9.17) is 11.6 Å². The SMILES string of the molecule is CC(C)c1ncc(Cl)c(C(=O)NCc2ccnn2C)n1. The number of nitrogens with zero attached hydrogens (tertiary/aromatic N) is 4. The molecule has 2 rings (SSSR count). The van der Waals surface area contributed by atoms with E-state index in [1.807, 2.05) is 27.0 Å². The first kappa shape index (κ1) is 14.5. The molecule has 0 atom stereocenters. The number of rotatable bonds is 4. The summed E-state index contributed by atoms with van der Waals surface area (Å²) < 4.78 is 1.70. The number of carbonyl (C=O) groups is 1. The Labute approximate surface area is 122 Å². The number of halogens is 1. The molecule has 0 bridgehead atoms. The van der Waals surface area contributed by atoms with Gasteiger partial charge in [0.2, 0.25) is 0 Å². The Morgan fingerprint density at radius 2 is 2.25 bits per heavy atom. The van der Waals surface area contributed by atoms with Gasteiger partial charge >= 0.3 is 0 Å². The fourth-order valence-electron chi connectivity index (χ4n) is 1.65. The van der Waals surface area contributed by atoms with E-state index in [1.165, 1.54) is 6.20 Å². The maximum absolute atomic E-state index is 12.1. The Bertz CT molecular complexity index is 623. The van der Waals surface area contributed by atoms with Crippen LogP contribution < -0.4 is 5.32 Å². The molecule has 106 valence electrons. The largest absolute Gasteiger partial charge is 0.345 e. The molecule has 0 spiro atoms.